The third kappa shape index (κ3) is 2.02. The summed E-state index contributed by atoms with van der Waals surface area (Å²) in [5.41, 5.74) is 2.24. The van der Waals surface area contributed by atoms with Gasteiger partial charge in [-0.15, -0.1) is 0 Å². The molecule has 0 radical (unpaired) electrons. The number of hydrogen-bond acceptors (Lipinski definition) is 3. The summed E-state index contributed by atoms with van der Waals surface area (Å²) in [6.45, 7) is 0. The molecular weight excluding hydrogens is 212 g/mol. The summed E-state index contributed by atoms with van der Waals surface area (Å²) < 4.78 is 0. The van der Waals surface area contributed by atoms with Crippen LogP contribution in [0.15, 0.2) is 24.3 Å². The Morgan fingerprint density at radius 2 is 2.12 bits per heavy atom. The second kappa shape index (κ2) is 3.87. The van der Waals surface area contributed by atoms with Crippen molar-refractivity contribution in [1.29, 1.82) is 0 Å². The molecule has 1 aliphatic carbocycles. The maximum Gasteiger partial charge on any atom is 0.181 e. The molecule has 4 heteroatoms. The van der Waals surface area contributed by atoms with E-state index in [-0.39, 0.29) is 0 Å². The van der Waals surface area contributed by atoms with Crippen molar-refractivity contribution >= 4 is 5.69 Å². The lowest BCUT2D eigenvalue weighted by Crippen LogP contribution is -2.08. The third-order valence-corrected chi connectivity index (χ3v) is 3.09. The molecule has 0 saturated heterocycles. The Morgan fingerprint density at radius 3 is 2.82 bits per heavy atom. The van der Waals surface area contributed by atoms with Crippen LogP contribution in [0.4, 0.5) is 5.69 Å². The number of anilines is 1. The van der Waals surface area contributed by atoms with E-state index in [9.17, 15) is 0 Å². The van der Waals surface area contributed by atoms with E-state index < -0.39 is 0 Å². The predicted octanol–water partition coefficient (Wildman–Crippen LogP) is 2.42. The van der Waals surface area contributed by atoms with Gasteiger partial charge in [0.2, 0.25) is 0 Å². The molecule has 88 valence electrons. The molecule has 1 heterocycles. The van der Waals surface area contributed by atoms with Crippen LogP contribution in [0.2, 0.25) is 0 Å². The van der Waals surface area contributed by atoms with Crippen LogP contribution in [-0.2, 0) is 0 Å². The normalized spacial score (nSPS) is 14.9. The van der Waals surface area contributed by atoms with Crippen molar-refractivity contribution in [2.75, 3.05) is 19.0 Å². The molecule has 0 amide bonds. The van der Waals surface area contributed by atoms with Gasteiger partial charge in [0, 0.05) is 31.3 Å². The van der Waals surface area contributed by atoms with E-state index in [0.29, 0.717) is 5.92 Å². The van der Waals surface area contributed by atoms with Gasteiger partial charge in [0.05, 0.1) is 0 Å². The molecule has 0 atom stereocenters. The summed E-state index contributed by atoms with van der Waals surface area (Å²) in [7, 11) is 4.07. The molecule has 1 fully saturated rings. The molecule has 1 aromatic carbocycles. The summed E-state index contributed by atoms with van der Waals surface area (Å²) in [5, 5.41) is 7.33. The highest BCUT2D eigenvalue weighted by atomic mass is 15.2. The number of benzene rings is 1. The van der Waals surface area contributed by atoms with E-state index in [1.807, 2.05) is 26.2 Å². The zero-order chi connectivity index (χ0) is 11.8. The number of aromatic amines is 1. The minimum Gasteiger partial charge on any atom is -0.378 e. The average molecular weight is 228 g/mol. The van der Waals surface area contributed by atoms with Gasteiger partial charge < -0.3 is 4.90 Å². The molecule has 3 rings (SSSR count). The molecule has 0 bridgehead atoms. The zero-order valence-corrected chi connectivity index (χ0v) is 10.1. The Hall–Kier alpha value is -1.84. The Kier molecular flexibility index (Phi) is 2.35. The second-order valence-corrected chi connectivity index (χ2v) is 4.76. The fourth-order valence-electron chi connectivity index (χ4n) is 1.87. The molecule has 1 aliphatic rings. The summed E-state index contributed by atoms with van der Waals surface area (Å²) in [4.78, 5) is 6.64. The lowest BCUT2D eigenvalue weighted by molar-refractivity contribution is 0.935. The molecule has 2 aromatic rings. The van der Waals surface area contributed by atoms with E-state index >= 15 is 0 Å². The van der Waals surface area contributed by atoms with Crippen molar-refractivity contribution in [1.82, 2.24) is 15.2 Å². The first-order valence-corrected chi connectivity index (χ1v) is 5.94. The van der Waals surface area contributed by atoms with Gasteiger partial charge in [-0.2, -0.15) is 5.10 Å². The molecule has 0 unspecified atom stereocenters. The van der Waals surface area contributed by atoms with E-state index in [4.69, 9.17) is 0 Å². The summed E-state index contributed by atoms with van der Waals surface area (Å²) >= 11 is 0. The van der Waals surface area contributed by atoms with Gasteiger partial charge in [-0.05, 0) is 25.0 Å². The monoisotopic (exact) mass is 228 g/mol. The average Bonchev–Trinajstić information content (AvgIpc) is 3.07. The van der Waals surface area contributed by atoms with Crippen molar-refractivity contribution in [3.8, 4) is 11.4 Å². The fraction of sp³-hybridized carbons (Fsp3) is 0.385. The van der Waals surface area contributed by atoms with E-state index in [2.05, 4.69) is 32.2 Å². The highest BCUT2D eigenvalue weighted by Gasteiger charge is 2.27. The van der Waals surface area contributed by atoms with Crippen LogP contribution in [0.1, 0.15) is 24.6 Å². The first-order valence-electron chi connectivity index (χ1n) is 5.94. The lowest BCUT2D eigenvalue weighted by Gasteiger charge is -2.12. The first-order chi connectivity index (χ1) is 8.24. The summed E-state index contributed by atoms with van der Waals surface area (Å²) in [5.74, 6) is 2.46. The van der Waals surface area contributed by atoms with E-state index in [1.165, 1.54) is 18.5 Å². The third-order valence-electron chi connectivity index (χ3n) is 3.09. The van der Waals surface area contributed by atoms with E-state index in [0.717, 1.165) is 17.2 Å². The maximum atomic E-state index is 4.56. The SMILES string of the molecule is CN(C)c1cccc(-c2n[nH]c(C3CC3)n2)c1. The van der Waals surface area contributed by atoms with Gasteiger partial charge in [0.25, 0.3) is 0 Å². The highest BCUT2D eigenvalue weighted by Crippen LogP contribution is 2.38. The largest absolute Gasteiger partial charge is 0.378 e. The van der Waals surface area contributed by atoms with Crippen LogP contribution < -0.4 is 4.90 Å². The van der Waals surface area contributed by atoms with Crippen LogP contribution in [-0.4, -0.2) is 29.3 Å². The maximum absolute atomic E-state index is 4.56. The number of nitrogens with zero attached hydrogens (tertiary/aromatic N) is 3. The van der Waals surface area contributed by atoms with Gasteiger partial charge in [-0.1, -0.05) is 12.1 Å². The van der Waals surface area contributed by atoms with Gasteiger partial charge in [0.15, 0.2) is 5.82 Å². The lowest BCUT2D eigenvalue weighted by atomic mass is 10.2. The molecule has 17 heavy (non-hydrogen) atoms. The van der Waals surface area contributed by atoms with Crippen LogP contribution >= 0.6 is 0 Å². The predicted molar refractivity (Wildman–Crippen MR) is 68.1 cm³/mol. The molecule has 1 N–H and O–H groups in total. The zero-order valence-electron chi connectivity index (χ0n) is 10.1. The highest BCUT2D eigenvalue weighted by molar-refractivity contribution is 5.62. The topological polar surface area (TPSA) is 44.8 Å². The van der Waals surface area contributed by atoms with Crippen LogP contribution in [0.3, 0.4) is 0 Å². The van der Waals surface area contributed by atoms with Gasteiger partial charge in [-0.3, -0.25) is 5.10 Å². The Bertz CT molecular complexity index is 526. The van der Waals surface area contributed by atoms with Crippen LogP contribution in [0.25, 0.3) is 11.4 Å². The van der Waals surface area contributed by atoms with Crippen LogP contribution in [0.5, 0.6) is 0 Å². The fourth-order valence-corrected chi connectivity index (χ4v) is 1.87. The second-order valence-electron chi connectivity index (χ2n) is 4.76. The molecule has 0 aliphatic heterocycles. The van der Waals surface area contributed by atoms with Crippen molar-refractivity contribution in [3.63, 3.8) is 0 Å². The standard InChI is InChI=1S/C13H16N4/c1-17(2)11-5-3-4-10(8-11)13-14-12(15-16-13)9-6-7-9/h3-5,8-9H,6-7H2,1-2H3,(H,14,15,16). The summed E-state index contributed by atoms with van der Waals surface area (Å²) in [6.07, 6.45) is 2.48. The quantitative estimate of drug-likeness (QED) is 0.877. The number of hydrogen-bond donors (Lipinski definition) is 1. The molecular formula is C13H16N4. The Balaban J connectivity index is 1.93. The number of H-pyrrole nitrogens is 1. The number of aromatic nitrogens is 3. The van der Waals surface area contributed by atoms with Gasteiger partial charge >= 0.3 is 0 Å². The van der Waals surface area contributed by atoms with E-state index in [1.54, 1.807) is 0 Å². The molecule has 0 spiro atoms. The smallest absolute Gasteiger partial charge is 0.181 e. The molecule has 1 aromatic heterocycles. The van der Waals surface area contributed by atoms with Gasteiger partial charge in [0.1, 0.15) is 5.82 Å². The minimum atomic E-state index is 0.619. The van der Waals surface area contributed by atoms with Gasteiger partial charge in [-0.25, -0.2) is 4.98 Å². The Morgan fingerprint density at radius 1 is 1.29 bits per heavy atom. The number of rotatable bonds is 3. The van der Waals surface area contributed by atoms with Crippen molar-refractivity contribution < 1.29 is 0 Å². The minimum absolute atomic E-state index is 0.619. The summed E-state index contributed by atoms with van der Waals surface area (Å²) in [6, 6.07) is 8.28. The van der Waals surface area contributed by atoms with Crippen molar-refractivity contribution in [3.05, 3.63) is 30.1 Å². The Labute approximate surface area is 101 Å². The van der Waals surface area contributed by atoms with Crippen LogP contribution in [0, 0.1) is 0 Å². The number of nitrogens with one attached hydrogen (secondary N) is 1. The van der Waals surface area contributed by atoms with Crippen molar-refractivity contribution in [2.24, 2.45) is 0 Å². The first kappa shape index (κ1) is 10.3. The molecule has 4 nitrogen and oxygen atoms in total. The molecule has 1 saturated carbocycles. The van der Waals surface area contributed by atoms with Crippen molar-refractivity contribution in [2.45, 2.75) is 18.8 Å².